The van der Waals surface area contributed by atoms with Gasteiger partial charge in [-0.25, -0.2) is 0 Å². The van der Waals surface area contributed by atoms with Crippen molar-refractivity contribution in [2.75, 3.05) is 13.7 Å². The highest BCUT2D eigenvalue weighted by Crippen LogP contribution is 2.38. The van der Waals surface area contributed by atoms with Crippen LogP contribution in [0.1, 0.15) is 40.5 Å². The van der Waals surface area contributed by atoms with E-state index in [9.17, 15) is 0 Å². The number of aliphatic imine (C=N–C) groups is 1. The highest BCUT2D eigenvalue weighted by Gasteiger charge is 2.32. The van der Waals surface area contributed by atoms with Crippen molar-refractivity contribution in [3.05, 3.63) is 0 Å². The third-order valence-corrected chi connectivity index (χ3v) is 2.51. The van der Waals surface area contributed by atoms with E-state index in [-0.39, 0.29) is 0 Å². The average molecular weight is 183 g/mol. The summed E-state index contributed by atoms with van der Waals surface area (Å²) < 4.78 is 5.25. The zero-order valence-corrected chi connectivity index (χ0v) is 9.48. The highest BCUT2D eigenvalue weighted by molar-refractivity contribution is 5.76. The van der Waals surface area contributed by atoms with E-state index < -0.39 is 0 Å². The largest absolute Gasteiger partial charge is 0.484 e. The molecule has 0 fully saturated rings. The Kier molecular flexibility index (Phi) is 2.69. The standard InChI is InChI=1S/C11H21NO/c1-10(2)6-9(13-5)12-8-11(3,4)7-10/h6-8H2,1-5H3. The molecule has 0 aromatic carbocycles. The summed E-state index contributed by atoms with van der Waals surface area (Å²) in [5.74, 6) is 0.913. The normalized spacial score (nSPS) is 26.1. The lowest BCUT2D eigenvalue weighted by atomic mass is 9.74. The topological polar surface area (TPSA) is 21.6 Å². The van der Waals surface area contributed by atoms with Gasteiger partial charge in [-0.3, -0.25) is 4.99 Å². The Labute approximate surface area is 81.4 Å². The molecule has 0 saturated carbocycles. The Hall–Kier alpha value is -0.530. The number of hydrogen-bond donors (Lipinski definition) is 0. The summed E-state index contributed by atoms with van der Waals surface area (Å²) in [5, 5.41) is 0. The van der Waals surface area contributed by atoms with Crippen LogP contribution in [0.3, 0.4) is 0 Å². The fourth-order valence-corrected chi connectivity index (χ4v) is 2.32. The number of ether oxygens (including phenoxy) is 1. The first kappa shape index (κ1) is 10.6. The van der Waals surface area contributed by atoms with Crippen LogP contribution in [0.25, 0.3) is 0 Å². The Morgan fingerprint density at radius 1 is 1.15 bits per heavy atom. The third kappa shape index (κ3) is 3.02. The van der Waals surface area contributed by atoms with E-state index in [0.717, 1.165) is 18.9 Å². The molecule has 76 valence electrons. The van der Waals surface area contributed by atoms with Gasteiger partial charge in [0.25, 0.3) is 0 Å². The van der Waals surface area contributed by atoms with Gasteiger partial charge in [0.15, 0.2) is 5.90 Å². The lowest BCUT2D eigenvalue weighted by Gasteiger charge is -2.30. The van der Waals surface area contributed by atoms with Crippen LogP contribution in [-0.2, 0) is 4.74 Å². The van der Waals surface area contributed by atoms with Crippen LogP contribution >= 0.6 is 0 Å². The number of rotatable bonds is 0. The molecule has 2 heteroatoms. The van der Waals surface area contributed by atoms with Gasteiger partial charge in [0, 0.05) is 13.0 Å². The first-order valence-corrected chi connectivity index (χ1v) is 4.92. The van der Waals surface area contributed by atoms with Gasteiger partial charge in [-0.05, 0) is 17.3 Å². The molecule has 2 nitrogen and oxygen atoms in total. The van der Waals surface area contributed by atoms with E-state index >= 15 is 0 Å². The van der Waals surface area contributed by atoms with Crippen LogP contribution in [0, 0.1) is 10.8 Å². The molecule has 0 N–H and O–H groups in total. The van der Waals surface area contributed by atoms with Crippen molar-refractivity contribution in [1.29, 1.82) is 0 Å². The van der Waals surface area contributed by atoms with Crippen LogP contribution in [0.4, 0.5) is 0 Å². The summed E-state index contributed by atoms with van der Waals surface area (Å²) in [4.78, 5) is 4.48. The Bertz CT molecular complexity index is 216. The molecule has 0 aromatic heterocycles. The van der Waals surface area contributed by atoms with E-state index in [1.54, 1.807) is 7.11 Å². The van der Waals surface area contributed by atoms with Crippen LogP contribution < -0.4 is 0 Å². The van der Waals surface area contributed by atoms with E-state index in [1.165, 1.54) is 6.42 Å². The molecule has 0 atom stereocenters. The molecule has 0 unspecified atom stereocenters. The molecule has 0 aliphatic carbocycles. The first-order chi connectivity index (χ1) is 5.85. The van der Waals surface area contributed by atoms with Gasteiger partial charge < -0.3 is 4.74 Å². The van der Waals surface area contributed by atoms with Gasteiger partial charge in [-0.1, -0.05) is 27.7 Å². The predicted molar refractivity (Wildman–Crippen MR) is 56.1 cm³/mol. The maximum Gasteiger partial charge on any atom is 0.183 e. The predicted octanol–water partition coefficient (Wildman–Crippen LogP) is 2.88. The summed E-state index contributed by atoms with van der Waals surface area (Å²) in [6.45, 7) is 10.0. The van der Waals surface area contributed by atoms with Gasteiger partial charge >= 0.3 is 0 Å². The molecule has 0 bridgehead atoms. The molecule has 1 aliphatic heterocycles. The molecule has 0 saturated heterocycles. The minimum Gasteiger partial charge on any atom is -0.484 e. The second-order valence-electron chi connectivity index (χ2n) is 5.60. The third-order valence-electron chi connectivity index (χ3n) is 2.51. The maximum atomic E-state index is 5.25. The van der Waals surface area contributed by atoms with E-state index in [1.807, 2.05) is 0 Å². The summed E-state index contributed by atoms with van der Waals surface area (Å²) in [5.41, 5.74) is 0.624. The molecule has 0 aromatic rings. The van der Waals surface area contributed by atoms with Crippen LogP contribution in [0.5, 0.6) is 0 Å². The van der Waals surface area contributed by atoms with Gasteiger partial charge in [-0.15, -0.1) is 0 Å². The van der Waals surface area contributed by atoms with Crippen molar-refractivity contribution in [2.24, 2.45) is 15.8 Å². The Morgan fingerprint density at radius 2 is 1.77 bits per heavy atom. The van der Waals surface area contributed by atoms with Crippen molar-refractivity contribution in [1.82, 2.24) is 0 Å². The fourth-order valence-electron chi connectivity index (χ4n) is 2.32. The molecule has 1 rings (SSSR count). The molecular formula is C11H21NO. The molecule has 0 radical (unpaired) electrons. The van der Waals surface area contributed by atoms with Gasteiger partial charge in [0.05, 0.1) is 7.11 Å². The fraction of sp³-hybridized carbons (Fsp3) is 0.909. The SMILES string of the molecule is COC1=NCC(C)(C)CC(C)(C)C1. The van der Waals surface area contributed by atoms with Crippen molar-refractivity contribution in [2.45, 2.75) is 40.5 Å². The van der Waals surface area contributed by atoms with Crippen molar-refractivity contribution >= 4 is 5.90 Å². The number of methoxy groups -OCH3 is 1. The second-order valence-corrected chi connectivity index (χ2v) is 5.60. The monoisotopic (exact) mass is 183 g/mol. The summed E-state index contributed by atoms with van der Waals surface area (Å²) in [7, 11) is 1.72. The van der Waals surface area contributed by atoms with E-state index in [0.29, 0.717) is 10.8 Å². The highest BCUT2D eigenvalue weighted by atomic mass is 16.5. The van der Waals surface area contributed by atoms with Crippen molar-refractivity contribution in [3.8, 4) is 0 Å². The summed E-state index contributed by atoms with van der Waals surface area (Å²) in [6, 6.07) is 0. The van der Waals surface area contributed by atoms with E-state index in [2.05, 4.69) is 32.7 Å². The Morgan fingerprint density at radius 3 is 2.31 bits per heavy atom. The lowest BCUT2D eigenvalue weighted by molar-refractivity contribution is 0.212. The minimum atomic E-state index is 0.309. The first-order valence-electron chi connectivity index (χ1n) is 4.92. The van der Waals surface area contributed by atoms with Crippen LogP contribution in [-0.4, -0.2) is 19.6 Å². The Balaban J connectivity index is 2.83. The summed E-state index contributed by atoms with van der Waals surface area (Å²) >= 11 is 0. The molecular weight excluding hydrogens is 162 g/mol. The molecule has 0 amide bonds. The van der Waals surface area contributed by atoms with Crippen molar-refractivity contribution < 1.29 is 4.74 Å². The maximum absolute atomic E-state index is 5.25. The average Bonchev–Trinajstić information content (AvgIpc) is 2.04. The zero-order chi connectivity index (χ0) is 10.1. The zero-order valence-electron chi connectivity index (χ0n) is 9.48. The second kappa shape index (κ2) is 3.32. The minimum absolute atomic E-state index is 0.309. The van der Waals surface area contributed by atoms with Crippen LogP contribution in [0.2, 0.25) is 0 Å². The molecule has 13 heavy (non-hydrogen) atoms. The molecule has 0 spiro atoms. The van der Waals surface area contributed by atoms with Crippen molar-refractivity contribution in [3.63, 3.8) is 0 Å². The lowest BCUT2D eigenvalue weighted by Crippen LogP contribution is -2.24. The van der Waals surface area contributed by atoms with Gasteiger partial charge in [0.1, 0.15) is 0 Å². The van der Waals surface area contributed by atoms with Gasteiger partial charge in [0.2, 0.25) is 0 Å². The quantitative estimate of drug-likeness (QED) is 0.566. The number of nitrogens with zero attached hydrogens (tertiary/aromatic N) is 1. The summed E-state index contributed by atoms with van der Waals surface area (Å²) in [6.07, 6.45) is 2.17. The molecule has 1 heterocycles. The molecule has 1 aliphatic rings. The van der Waals surface area contributed by atoms with Gasteiger partial charge in [-0.2, -0.15) is 0 Å². The van der Waals surface area contributed by atoms with Crippen LogP contribution in [0.15, 0.2) is 4.99 Å². The smallest absolute Gasteiger partial charge is 0.183 e. The van der Waals surface area contributed by atoms with E-state index in [4.69, 9.17) is 4.74 Å². The number of hydrogen-bond acceptors (Lipinski definition) is 2.